The number of aromatic nitrogens is 2. The molecule has 0 aliphatic heterocycles. The highest BCUT2D eigenvalue weighted by atomic mass is 35.5. The Morgan fingerprint density at radius 2 is 1.70 bits per heavy atom. The van der Waals surface area contributed by atoms with Crippen molar-refractivity contribution in [2.45, 2.75) is 56.8 Å². The van der Waals surface area contributed by atoms with Crippen molar-refractivity contribution in [1.82, 2.24) is 10.2 Å². The molecule has 5 nitrogen and oxygen atoms in total. The number of carbonyl (C=O) groups excluding carboxylic acids is 1. The number of anilines is 1. The van der Waals surface area contributed by atoms with Crippen molar-refractivity contribution < 1.29 is 9.21 Å². The number of nitrogens with one attached hydrogen (secondary N) is 1. The normalized spacial score (nSPS) is 27.6. The zero-order valence-corrected chi connectivity index (χ0v) is 19.4. The lowest BCUT2D eigenvalue weighted by molar-refractivity contribution is -0.116. The van der Waals surface area contributed by atoms with E-state index in [1.54, 1.807) is 0 Å². The Bertz CT molecular complexity index is 1140. The lowest BCUT2D eigenvalue weighted by Crippen LogP contribution is -2.48. The van der Waals surface area contributed by atoms with Crippen LogP contribution in [0.5, 0.6) is 0 Å². The molecule has 1 aromatic heterocycles. The largest absolute Gasteiger partial charge is 0.421 e. The standard InChI is InChI=1S/C27H28ClN3O2/c28-22-13-21(27-14-17-10-18(15-27)12-19(11-17)16-27)6-7-23(22)29-24(32)8-9-25-30-31-26(33-25)20-4-2-1-3-5-20/h1-7,13,17-19H,8-12,14-16H2,(H,29,32). The van der Waals surface area contributed by atoms with Gasteiger partial charge in [-0.15, -0.1) is 10.2 Å². The van der Waals surface area contributed by atoms with Crippen LogP contribution in [0.2, 0.25) is 5.02 Å². The summed E-state index contributed by atoms with van der Waals surface area (Å²) < 4.78 is 5.70. The Labute approximate surface area is 198 Å². The molecule has 7 rings (SSSR count). The van der Waals surface area contributed by atoms with Gasteiger partial charge in [-0.05, 0) is 91.5 Å². The van der Waals surface area contributed by atoms with Gasteiger partial charge in [-0.2, -0.15) is 0 Å². The monoisotopic (exact) mass is 461 g/mol. The molecule has 4 aliphatic rings. The van der Waals surface area contributed by atoms with Gasteiger partial charge in [0.2, 0.25) is 17.7 Å². The number of amides is 1. The van der Waals surface area contributed by atoms with Crippen molar-refractivity contribution >= 4 is 23.2 Å². The smallest absolute Gasteiger partial charge is 0.247 e. The molecule has 0 unspecified atom stereocenters. The minimum atomic E-state index is -0.112. The molecule has 3 aromatic rings. The zero-order chi connectivity index (χ0) is 22.4. The van der Waals surface area contributed by atoms with Crippen LogP contribution in [0.15, 0.2) is 52.9 Å². The number of halogens is 1. The van der Waals surface area contributed by atoms with Crippen molar-refractivity contribution in [3.8, 4) is 11.5 Å². The highest BCUT2D eigenvalue weighted by Crippen LogP contribution is 2.61. The third kappa shape index (κ3) is 4.08. The summed E-state index contributed by atoms with van der Waals surface area (Å²) in [6.45, 7) is 0. The molecule has 0 saturated heterocycles. The van der Waals surface area contributed by atoms with Crippen molar-refractivity contribution in [2.75, 3.05) is 5.32 Å². The van der Waals surface area contributed by atoms with E-state index in [0.29, 0.717) is 34.3 Å². The van der Waals surface area contributed by atoms with E-state index in [-0.39, 0.29) is 12.3 Å². The molecular formula is C27H28ClN3O2. The van der Waals surface area contributed by atoms with Crippen LogP contribution in [0, 0.1) is 17.8 Å². The summed E-state index contributed by atoms with van der Waals surface area (Å²) in [4.78, 5) is 12.6. The first-order valence-corrected chi connectivity index (χ1v) is 12.4. The molecular weight excluding hydrogens is 434 g/mol. The van der Waals surface area contributed by atoms with E-state index in [1.165, 1.54) is 44.1 Å². The first-order chi connectivity index (χ1) is 16.1. The second kappa shape index (κ2) is 8.28. The summed E-state index contributed by atoms with van der Waals surface area (Å²) in [5, 5.41) is 11.7. The van der Waals surface area contributed by atoms with Crippen LogP contribution in [-0.2, 0) is 16.6 Å². The summed E-state index contributed by atoms with van der Waals surface area (Å²) in [7, 11) is 0. The van der Waals surface area contributed by atoms with E-state index in [4.69, 9.17) is 16.0 Å². The van der Waals surface area contributed by atoms with E-state index in [1.807, 2.05) is 36.4 Å². The molecule has 33 heavy (non-hydrogen) atoms. The van der Waals surface area contributed by atoms with Crippen LogP contribution in [0.1, 0.15) is 56.4 Å². The number of hydrogen-bond donors (Lipinski definition) is 1. The lowest BCUT2D eigenvalue weighted by Gasteiger charge is -2.57. The van der Waals surface area contributed by atoms with Crippen molar-refractivity contribution in [2.24, 2.45) is 17.8 Å². The Kier molecular flexibility index (Phi) is 5.25. The Morgan fingerprint density at radius 3 is 2.36 bits per heavy atom. The number of carbonyl (C=O) groups is 1. The summed E-state index contributed by atoms with van der Waals surface area (Å²) in [6, 6.07) is 15.9. The Morgan fingerprint density at radius 1 is 1.00 bits per heavy atom. The molecule has 4 fully saturated rings. The maximum atomic E-state index is 12.6. The van der Waals surface area contributed by atoms with Crippen molar-refractivity contribution in [3.05, 3.63) is 65.0 Å². The van der Waals surface area contributed by atoms with Gasteiger partial charge in [0, 0.05) is 18.4 Å². The van der Waals surface area contributed by atoms with Crippen LogP contribution in [0.3, 0.4) is 0 Å². The Hall–Kier alpha value is -2.66. The Balaban J connectivity index is 1.09. The molecule has 4 saturated carbocycles. The predicted molar refractivity (Wildman–Crippen MR) is 128 cm³/mol. The number of rotatable bonds is 6. The second-order valence-corrected chi connectivity index (χ2v) is 10.7. The molecule has 0 atom stereocenters. The minimum Gasteiger partial charge on any atom is -0.421 e. The molecule has 6 heteroatoms. The van der Waals surface area contributed by atoms with Gasteiger partial charge in [0.25, 0.3) is 0 Å². The summed E-state index contributed by atoms with van der Waals surface area (Å²) in [5.74, 6) is 3.48. The van der Waals surface area contributed by atoms with Crippen LogP contribution in [0.4, 0.5) is 5.69 Å². The van der Waals surface area contributed by atoms with E-state index in [2.05, 4.69) is 27.6 Å². The lowest BCUT2D eigenvalue weighted by atomic mass is 9.48. The predicted octanol–water partition coefficient (Wildman–Crippen LogP) is 6.43. The maximum absolute atomic E-state index is 12.6. The van der Waals surface area contributed by atoms with Gasteiger partial charge < -0.3 is 9.73 Å². The third-order valence-electron chi connectivity index (χ3n) is 7.95. The molecule has 1 N–H and O–H groups in total. The van der Waals surface area contributed by atoms with E-state index in [0.717, 1.165) is 23.3 Å². The van der Waals surface area contributed by atoms with Crippen LogP contribution < -0.4 is 5.32 Å². The molecule has 2 aromatic carbocycles. The molecule has 0 spiro atoms. The van der Waals surface area contributed by atoms with Crippen LogP contribution in [0.25, 0.3) is 11.5 Å². The van der Waals surface area contributed by atoms with E-state index >= 15 is 0 Å². The fourth-order valence-corrected chi connectivity index (χ4v) is 7.12. The molecule has 1 heterocycles. The van der Waals surface area contributed by atoms with Crippen LogP contribution >= 0.6 is 11.6 Å². The van der Waals surface area contributed by atoms with Crippen molar-refractivity contribution in [1.29, 1.82) is 0 Å². The van der Waals surface area contributed by atoms with Gasteiger partial charge >= 0.3 is 0 Å². The van der Waals surface area contributed by atoms with E-state index in [9.17, 15) is 4.79 Å². The van der Waals surface area contributed by atoms with Gasteiger partial charge in [0.1, 0.15) is 0 Å². The molecule has 0 radical (unpaired) electrons. The van der Waals surface area contributed by atoms with Crippen LogP contribution in [-0.4, -0.2) is 16.1 Å². The molecule has 4 bridgehead atoms. The minimum absolute atomic E-state index is 0.112. The zero-order valence-electron chi connectivity index (χ0n) is 18.6. The third-order valence-corrected chi connectivity index (χ3v) is 8.26. The number of aryl methyl sites for hydroxylation is 1. The number of benzene rings is 2. The van der Waals surface area contributed by atoms with E-state index < -0.39 is 0 Å². The number of nitrogens with zero attached hydrogens (tertiary/aromatic N) is 2. The van der Waals surface area contributed by atoms with Gasteiger partial charge in [-0.1, -0.05) is 35.9 Å². The van der Waals surface area contributed by atoms with Gasteiger partial charge in [-0.3, -0.25) is 4.79 Å². The summed E-state index contributed by atoms with van der Waals surface area (Å²) in [6.07, 6.45) is 8.82. The number of hydrogen-bond acceptors (Lipinski definition) is 4. The van der Waals surface area contributed by atoms with Gasteiger partial charge in [-0.25, -0.2) is 0 Å². The fourth-order valence-electron chi connectivity index (χ4n) is 6.90. The first kappa shape index (κ1) is 20.9. The molecule has 170 valence electrons. The quantitative estimate of drug-likeness (QED) is 0.459. The molecule has 4 aliphatic carbocycles. The summed E-state index contributed by atoms with van der Waals surface area (Å²) >= 11 is 6.65. The molecule has 1 amide bonds. The second-order valence-electron chi connectivity index (χ2n) is 10.3. The average molecular weight is 462 g/mol. The summed E-state index contributed by atoms with van der Waals surface area (Å²) in [5.41, 5.74) is 3.20. The first-order valence-electron chi connectivity index (χ1n) is 12.0. The van der Waals surface area contributed by atoms with Gasteiger partial charge in [0.15, 0.2) is 0 Å². The average Bonchev–Trinajstić information content (AvgIpc) is 3.28. The topological polar surface area (TPSA) is 68.0 Å². The van der Waals surface area contributed by atoms with Crippen molar-refractivity contribution in [3.63, 3.8) is 0 Å². The maximum Gasteiger partial charge on any atom is 0.247 e. The van der Waals surface area contributed by atoms with Gasteiger partial charge in [0.05, 0.1) is 10.7 Å². The highest BCUT2D eigenvalue weighted by Gasteiger charge is 2.51. The highest BCUT2D eigenvalue weighted by molar-refractivity contribution is 6.33. The SMILES string of the molecule is O=C(CCc1nnc(-c2ccccc2)o1)Nc1ccc(C23CC4CC(CC(C4)C2)C3)cc1Cl. The fraction of sp³-hybridized carbons (Fsp3) is 0.444.